The van der Waals surface area contributed by atoms with Crippen molar-refractivity contribution in [2.75, 3.05) is 0 Å². The second-order valence-electron chi connectivity index (χ2n) is 4.61. The second kappa shape index (κ2) is 6.44. The Bertz CT molecular complexity index is 434. The maximum atomic E-state index is 2.34. The lowest BCUT2D eigenvalue weighted by atomic mass is 9.94. The van der Waals surface area contributed by atoms with Crippen LogP contribution in [0.2, 0.25) is 0 Å². The summed E-state index contributed by atoms with van der Waals surface area (Å²) in [5, 5.41) is 0. The molecule has 0 saturated carbocycles. The van der Waals surface area contributed by atoms with Crippen molar-refractivity contribution in [1.29, 1.82) is 0 Å². The number of hydrogen-bond acceptors (Lipinski definition) is 0. The quantitative estimate of drug-likeness (QED) is 0.619. The van der Waals surface area contributed by atoms with Gasteiger partial charge in [-0.2, -0.15) is 0 Å². The lowest BCUT2D eigenvalue weighted by Crippen LogP contribution is -1.96. The van der Waals surface area contributed by atoms with E-state index in [9.17, 15) is 0 Å². The zero-order valence-electron chi connectivity index (χ0n) is 11.8. The Kier molecular flexibility index (Phi) is 5.21. The largest absolute Gasteiger partial charge is 0.0881 e. The van der Waals surface area contributed by atoms with Gasteiger partial charge in [0, 0.05) is 0 Å². The summed E-state index contributed by atoms with van der Waals surface area (Å²) in [5.74, 6) is 0. The summed E-state index contributed by atoms with van der Waals surface area (Å²) in [6.45, 7) is 10.8. The molecule has 0 nitrogen and oxygen atoms in total. The monoisotopic (exact) mass is 228 g/mol. The van der Waals surface area contributed by atoms with E-state index in [-0.39, 0.29) is 0 Å². The normalized spacial score (nSPS) is 12.4. The minimum atomic E-state index is 1.09. The highest BCUT2D eigenvalue weighted by Crippen LogP contribution is 2.21. The van der Waals surface area contributed by atoms with E-state index in [1.807, 2.05) is 0 Å². The van der Waals surface area contributed by atoms with Crippen LogP contribution in [-0.4, -0.2) is 0 Å². The minimum absolute atomic E-state index is 1.09. The van der Waals surface area contributed by atoms with E-state index in [0.29, 0.717) is 0 Å². The molecule has 0 N–H and O–H groups in total. The molecule has 0 amide bonds. The van der Waals surface area contributed by atoms with Crippen molar-refractivity contribution in [3.63, 3.8) is 0 Å². The number of allylic oxidation sites excluding steroid dienone is 3. The number of rotatable bonds is 4. The molecule has 0 saturated heterocycles. The average molecular weight is 228 g/mol. The standard InChI is InChI=1S/C17H24/c1-6-9-16-12-17(11-15(7-2)8-3)14(5)10-13(16)4/h6-7,9-10,12H,8,11H2,1-5H3/b9-6-,15-7-. The summed E-state index contributed by atoms with van der Waals surface area (Å²) in [6.07, 6.45) is 8.78. The van der Waals surface area contributed by atoms with Crippen LogP contribution in [0, 0.1) is 13.8 Å². The molecule has 0 unspecified atom stereocenters. The number of aryl methyl sites for hydroxylation is 2. The van der Waals surface area contributed by atoms with Gasteiger partial charge in [-0.05, 0) is 62.8 Å². The Labute approximate surface area is 106 Å². The van der Waals surface area contributed by atoms with Gasteiger partial charge in [-0.1, -0.05) is 42.9 Å². The van der Waals surface area contributed by atoms with Gasteiger partial charge in [0.25, 0.3) is 0 Å². The third kappa shape index (κ3) is 3.59. The molecule has 0 radical (unpaired) electrons. The summed E-state index contributed by atoms with van der Waals surface area (Å²) in [7, 11) is 0. The van der Waals surface area contributed by atoms with Crippen molar-refractivity contribution in [2.45, 2.75) is 47.5 Å². The molecule has 0 aliphatic heterocycles. The van der Waals surface area contributed by atoms with Crippen molar-refractivity contribution < 1.29 is 0 Å². The first-order valence-electron chi connectivity index (χ1n) is 6.49. The molecule has 17 heavy (non-hydrogen) atoms. The van der Waals surface area contributed by atoms with Gasteiger partial charge < -0.3 is 0 Å². The van der Waals surface area contributed by atoms with E-state index in [2.05, 4.69) is 65.0 Å². The van der Waals surface area contributed by atoms with Gasteiger partial charge >= 0.3 is 0 Å². The maximum Gasteiger partial charge on any atom is -0.00645 e. The first-order chi connectivity index (χ1) is 8.12. The highest BCUT2D eigenvalue weighted by Gasteiger charge is 2.04. The Morgan fingerprint density at radius 1 is 1.12 bits per heavy atom. The summed E-state index contributed by atoms with van der Waals surface area (Å²) in [5.41, 5.74) is 7.09. The fourth-order valence-electron chi connectivity index (χ4n) is 2.14. The molecule has 1 aromatic rings. The van der Waals surface area contributed by atoms with Gasteiger partial charge in [-0.25, -0.2) is 0 Å². The molecule has 0 atom stereocenters. The van der Waals surface area contributed by atoms with Crippen LogP contribution in [0.4, 0.5) is 0 Å². The molecule has 0 aromatic heterocycles. The highest BCUT2D eigenvalue weighted by molar-refractivity contribution is 5.56. The molecule has 0 heteroatoms. The number of benzene rings is 1. The molecule has 0 spiro atoms. The van der Waals surface area contributed by atoms with Gasteiger partial charge in [0.05, 0.1) is 0 Å². The Hall–Kier alpha value is -1.30. The van der Waals surface area contributed by atoms with Crippen LogP contribution in [0.1, 0.15) is 49.4 Å². The molecular formula is C17H24. The molecule has 0 fully saturated rings. The van der Waals surface area contributed by atoms with Crippen molar-refractivity contribution in [3.05, 3.63) is 52.1 Å². The zero-order valence-corrected chi connectivity index (χ0v) is 11.8. The fourth-order valence-corrected chi connectivity index (χ4v) is 2.14. The van der Waals surface area contributed by atoms with Crippen LogP contribution in [0.15, 0.2) is 29.9 Å². The van der Waals surface area contributed by atoms with E-state index >= 15 is 0 Å². The van der Waals surface area contributed by atoms with Crippen LogP contribution >= 0.6 is 0 Å². The van der Waals surface area contributed by atoms with Crippen LogP contribution in [0.5, 0.6) is 0 Å². The third-order valence-electron chi connectivity index (χ3n) is 3.35. The van der Waals surface area contributed by atoms with Gasteiger partial charge in [-0.3, -0.25) is 0 Å². The van der Waals surface area contributed by atoms with Crippen molar-refractivity contribution >= 4 is 6.08 Å². The number of hydrogen-bond donors (Lipinski definition) is 0. The minimum Gasteiger partial charge on any atom is -0.0881 e. The average Bonchev–Trinajstić information content (AvgIpc) is 2.31. The molecule has 0 bridgehead atoms. The Balaban J connectivity index is 3.11. The van der Waals surface area contributed by atoms with Crippen molar-refractivity contribution in [2.24, 2.45) is 0 Å². The van der Waals surface area contributed by atoms with Crippen LogP contribution in [-0.2, 0) is 6.42 Å². The van der Waals surface area contributed by atoms with E-state index in [1.54, 1.807) is 0 Å². The van der Waals surface area contributed by atoms with E-state index < -0.39 is 0 Å². The molecule has 92 valence electrons. The summed E-state index contributed by atoms with van der Waals surface area (Å²) < 4.78 is 0. The van der Waals surface area contributed by atoms with Crippen LogP contribution in [0.3, 0.4) is 0 Å². The summed E-state index contributed by atoms with van der Waals surface area (Å²) >= 11 is 0. The lowest BCUT2D eigenvalue weighted by Gasteiger charge is -2.11. The Morgan fingerprint density at radius 3 is 2.35 bits per heavy atom. The predicted octanol–water partition coefficient (Wildman–Crippen LogP) is 5.24. The van der Waals surface area contributed by atoms with Crippen LogP contribution < -0.4 is 0 Å². The Morgan fingerprint density at radius 2 is 1.82 bits per heavy atom. The van der Waals surface area contributed by atoms with Crippen molar-refractivity contribution in [1.82, 2.24) is 0 Å². The smallest absolute Gasteiger partial charge is 0.00645 e. The van der Waals surface area contributed by atoms with Gasteiger partial charge in [0.2, 0.25) is 0 Å². The molecule has 1 aromatic carbocycles. The molecule has 1 rings (SSSR count). The first-order valence-corrected chi connectivity index (χ1v) is 6.49. The van der Waals surface area contributed by atoms with Crippen LogP contribution in [0.25, 0.3) is 6.08 Å². The van der Waals surface area contributed by atoms with E-state index in [0.717, 1.165) is 12.8 Å². The predicted molar refractivity (Wildman–Crippen MR) is 78.4 cm³/mol. The van der Waals surface area contributed by atoms with Gasteiger partial charge in [0.15, 0.2) is 0 Å². The van der Waals surface area contributed by atoms with E-state index in [1.165, 1.54) is 27.8 Å². The summed E-state index contributed by atoms with van der Waals surface area (Å²) in [4.78, 5) is 0. The molecule has 0 heterocycles. The highest BCUT2D eigenvalue weighted by atomic mass is 14.1. The van der Waals surface area contributed by atoms with E-state index in [4.69, 9.17) is 0 Å². The lowest BCUT2D eigenvalue weighted by molar-refractivity contribution is 0.988. The third-order valence-corrected chi connectivity index (χ3v) is 3.35. The molecule has 0 aliphatic rings. The maximum absolute atomic E-state index is 2.34. The molecular weight excluding hydrogens is 204 g/mol. The van der Waals surface area contributed by atoms with Gasteiger partial charge in [-0.15, -0.1) is 0 Å². The fraction of sp³-hybridized carbons (Fsp3) is 0.412. The SMILES string of the molecule is C/C=C\c1cc(C/C(=C\C)CC)c(C)cc1C. The first kappa shape index (κ1) is 13.8. The van der Waals surface area contributed by atoms with Crippen molar-refractivity contribution in [3.8, 4) is 0 Å². The summed E-state index contributed by atoms with van der Waals surface area (Å²) in [6, 6.07) is 4.64. The molecule has 0 aliphatic carbocycles. The van der Waals surface area contributed by atoms with Gasteiger partial charge in [0.1, 0.15) is 0 Å². The second-order valence-corrected chi connectivity index (χ2v) is 4.61. The zero-order chi connectivity index (χ0) is 12.8. The topological polar surface area (TPSA) is 0 Å².